The molecule has 0 radical (unpaired) electrons. The Morgan fingerprint density at radius 2 is 1.96 bits per heavy atom. The summed E-state index contributed by atoms with van der Waals surface area (Å²) in [5.41, 5.74) is 4.08. The van der Waals surface area contributed by atoms with Crippen LogP contribution < -0.4 is 10.1 Å². The molecule has 0 saturated heterocycles. The summed E-state index contributed by atoms with van der Waals surface area (Å²) < 4.78 is 7.63. The second-order valence-electron chi connectivity index (χ2n) is 7.21. The number of carbonyl (C=O) groups is 1. The predicted octanol–water partition coefficient (Wildman–Crippen LogP) is 4.46. The number of amides is 1. The van der Waals surface area contributed by atoms with Crippen molar-refractivity contribution in [3.05, 3.63) is 52.9 Å². The standard InChI is InChI=1S/C23H27N3O2/c1-4-28-22-11-9-21(10-12-22)26-16(2)13-18(17(26)3)14-19(15-24)23(27)25-20-7-5-6-8-20/h9-14,20H,4-8H2,1-3H3,(H,25,27)/b19-14-. The van der Waals surface area contributed by atoms with Gasteiger partial charge in [-0.2, -0.15) is 5.26 Å². The zero-order chi connectivity index (χ0) is 20.1. The number of nitrogens with zero attached hydrogens (tertiary/aromatic N) is 2. The molecule has 1 aliphatic rings. The molecule has 0 atom stereocenters. The van der Waals surface area contributed by atoms with E-state index in [9.17, 15) is 10.1 Å². The topological polar surface area (TPSA) is 67.0 Å². The van der Waals surface area contributed by atoms with E-state index in [0.717, 1.165) is 54.1 Å². The number of aryl methyl sites for hydroxylation is 1. The molecule has 0 unspecified atom stereocenters. The van der Waals surface area contributed by atoms with Gasteiger partial charge in [-0.05, 0) is 75.6 Å². The maximum atomic E-state index is 12.5. The Morgan fingerprint density at radius 3 is 2.57 bits per heavy atom. The predicted molar refractivity (Wildman–Crippen MR) is 110 cm³/mol. The molecule has 2 aromatic rings. The van der Waals surface area contributed by atoms with E-state index in [1.807, 2.05) is 51.1 Å². The van der Waals surface area contributed by atoms with E-state index in [-0.39, 0.29) is 17.5 Å². The molecular weight excluding hydrogens is 350 g/mol. The molecule has 1 aliphatic carbocycles. The van der Waals surface area contributed by atoms with Gasteiger partial charge in [0.1, 0.15) is 17.4 Å². The number of nitriles is 1. The zero-order valence-corrected chi connectivity index (χ0v) is 16.8. The van der Waals surface area contributed by atoms with Gasteiger partial charge in [0, 0.05) is 23.1 Å². The fourth-order valence-electron chi connectivity index (χ4n) is 3.83. The first-order chi connectivity index (χ1) is 13.5. The summed E-state index contributed by atoms with van der Waals surface area (Å²) in [6, 6.07) is 12.2. The third-order valence-electron chi connectivity index (χ3n) is 5.23. The van der Waals surface area contributed by atoms with Crippen molar-refractivity contribution in [3.8, 4) is 17.5 Å². The number of ether oxygens (including phenoxy) is 1. The fraction of sp³-hybridized carbons (Fsp3) is 0.391. The maximum Gasteiger partial charge on any atom is 0.262 e. The van der Waals surface area contributed by atoms with Crippen LogP contribution in [-0.4, -0.2) is 23.1 Å². The lowest BCUT2D eigenvalue weighted by atomic mass is 10.1. The average molecular weight is 377 g/mol. The van der Waals surface area contributed by atoms with Gasteiger partial charge in [0.2, 0.25) is 0 Å². The molecule has 1 N–H and O–H groups in total. The molecule has 5 nitrogen and oxygen atoms in total. The Kier molecular flexibility index (Phi) is 6.20. The number of hydrogen-bond donors (Lipinski definition) is 1. The Labute approximate surface area is 166 Å². The molecule has 28 heavy (non-hydrogen) atoms. The van der Waals surface area contributed by atoms with Crippen molar-refractivity contribution in [1.29, 1.82) is 5.26 Å². The van der Waals surface area contributed by atoms with E-state index in [4.69, 9.17) is 4.74 Å². The number of rotatable bonds is 6. The first-order valence-corrected chi connectivity index (χ1v) is 9.88. The van der Waals surface area contributed by atoms with Crippen molar-refractivity contribution in [2.75, 3.05) is 6.61 Å². The number of hydrogen-bond acceptors (Lipinski definition) is 3. The van der Waals surface area contributed by atoms with Gasteiger partial charge in [0.15, 0.2) is 0 Å². The van der Waals surface area contributed by atoms with Crippen molar-refractivity contribution in [1.82, 2.24) is 9.88 Å². The van der Waals surface area contributed by atoms with E-state index < -0.39 is 0 Å². The summed E-state index contributed by atoms with van der Waals surface area (Å²) in [5.74, 6) is 0.560. The van der Waals surface area contributed by atoms with E-state index in [2.05, 4.69) is 16.0 Å². The minimum Gasteiger partial charge on any atom is -0.494 e. The molecule has 1 fully saturated rings. The first kappa shape index (κ1) is 19.8. The number of nitrogens with one attached hydrogen (secondary N) is 1. The molecule has 1 saturated carbocycles. The van der Waals surface area contributed by atoms with E-state index in [1.54, 1.807) is 6.08 Å². The molecule has 146 valence electrons. The molecule has 0 bridgehead atoms. The van der Waals surface area contributed by atoms with Crippen LogP contribution in [0.3, 0.4) is 0 Å². The van der Waals surface area contributed by atoms with Crippen LogP contribution in [0.4, 0.5) is 0 Å². The summed E-state index contributed by atoms with van der Waals surface area (Å²) in [7, 11) is 0. The largest absolute Gasteiger partial charge is 0.494 e. The van der Waals surface area contributed by atoms with Gasteiger partial charge in [-0.15, -0.1) is 0 Å². The summed E-state index contributed by atoms with van der Waals surface area (Å²) in [6.07, 6.45) is 5.96. The highest BCUT2D eigenvalue weighted by Crippen LogP contribution is 2.25. The van der Waals surface area contributed by atoms with Gasteiger partial charge in [0.25, 0.3) is 5.91 Å². The van der Waals surface area contributed by atoms with Crippen molar-refractivity contribution in [2.24, 2.45) is 0 Å². The van der Waals surface area contributed by atoms with Gasteiger partial charge in [-0.3, -0.25) is 4.79 Å². The van der Waals surface area contributed by atoms with Crippen LogP contribution in [0.1, 0.15) is 49.6 Å². The normalized spacial score (nSPS) is 14.7. The third-order valence-corrected chi connectivity index (χ3v) is 5.23. The maximum absolute atomic E-state index is 12.5. The Bertz CT molecular complexity index is 911. The lowest BCUT2D eigenvalue weighted by Gasteiger charge is -2.12. The highest BCUT2D eigenvalue weighted by Gasteiger charge is 2.20. The molecule has 1 aromatic carbocycles. The van der Waals surface area contributed by atoms with Crippen LogP contribution in [0.2, 0.25) is 0 Å². The molecule has 3 rings (SSSR count). The van der Waals surface area contributed by atoms with Crippen LogP contribution in [0.5, 0.6) is 5.75 Å². The van der Waals surface area contributed by atoms with Crippen LogP contribution in [0.25, 0.3) is 11.8 Å². The second kappa shape index (κ2) is 8.79. The molecule has 1 amide bonds. The van der Waals surface area contributed by atoms with Crippen molar-refractivity contribution in [2.45, 2.75) is 52.5 Å². The Morgan fingerprint density at radius 1 is 1.29 bits per heavy atom. The van der Waals surface area contributed by atoms with E-state index in [1.165, 1.54) is 0 Å². The number of benzene rings is 1. The van der Waals surface area contributed by atoms with Crippen LogP contribution in [-0.2, 0) is 4.79 Å². The quantitative estimate of drug-likeness (QED) is 0.597. The van der Waals surface area contributed by atoms with Crippen LogP contribution in [0.15, 0.2) is 35.9 Å². The Hall–Kier alpha value is -3.00. The summed E-state index contributed by atoms with van der Waals surface area (Å²) >= 11 is 0. The van der Waals surface area contributed by atoms with Crippen molar-refractivity contribution in [3.63, 3.8) is 0 Å². The molecule has 0 spiro atoms. The molecule has 1 aromatic heterocycles. The molecule has 1 heterocycles. The number of aromatic nitrogens is 1. The van der Waals surface area contributed by atoms with Crippen molar-refractivity contribution < 1.29 is 9.53 Å². The monoisotopic (exact) mass is 377 g/mol. The summed E-state index contributed by atoms with van der Waals surface area (Å²) in [6.45, 7) is 6.61. The van der Waals surface area contributed by atoms with Gasteiger partial charge < -0.3 is 14.6 Å². The molecule has 5 heteroatoms. The minimum absolute atomic E-state index is 0.152. The smallest absolute Gasteiger partial charge is 0.262 e. The first-order valence-electron chi connectivity index (χ1n) is 9.88. The lowest BCUT2D eigenvalue weighted by molar-refractivity contribution is -0.117. The summed E-state index contributed by atoms with van der Waals surface area (Å²) in [5, 5.41) is 12.5. The van der Waals surface area contributed by atoms with Gasteiger partial charge in [0.05, 0.1) is 6.61 Å². The molecular formula is C23H27N3O2. The zero-order valence-electron chi connectivity index (χ0n) is 16.8. The number of carbonyl (C=O) groups excluding carboxylic acids is 1. The second-order valence-corrected chi connectivity index (χ2v) is 7.21. The van der Waals surface area contributed by atoms with E-state index in [0.29, 0.717) is 6.61 Å². The van der Waals surface area contributed by atoms with Crippen LogP contribution >= 0.6 is 0 Å². The SMILES string of the molecule is CCOc1ccc(-n2c(C)cc(/C=C(/C#N)C(=O)NC3CCCC3)c2C)cc1. The average Bonchev–Trinajstić information content (AvgIpc) is 3.28. The van der Waals surface area contributed by atoms with Crippen LogP contribution in [0, 0.1) is 25.2 Å². The van der Waals surface area contributed by atoms with Gasteiger partial charge in [-0.25, -0.2) is 0 Å². The molecule has 0 aliphatic heterocycles. The third kappa shape index (κ3) is 4.28. The fourth-order valence-corrected chi connectivity index (χ4v) is 3.83. The van der Waals surface area contributed by atoms with Gasteiger partial charge in [-0.1, -0.05) is 12.8 Å². The highest BCUT2D eigenvalue weighted by atomic mass is 16.5. The summed E-state index contributed by atoms with van der Waals surface area (Å²) in [4.78, 5) is 12.5. The Balaban J connectivity index is 1.86. The van der Waals surface area contributed by atoms with Crippen molar-refractivity contribution >= 4 is 12.0 Å². The highest BCUT2D eigenvalue weighted by molar-refractivity contribution is 6.02. The lowest BCUT2D eigenvalue weighted by Crippen LogP contribution is -2.33. The van der Waals surface area contributed by atoms with E-state index >= 15 is 0 Å². The van der Waals surface area contributed by atoms with Gasteiger partial charge >= 0.3 is 0 Å². The minimum atomic E-state index is -0.278.